The summed E-state index contributed by atoms with van der Waals surface area (Å²) in [6.45, 7) is 5.08. The molecule has 1 aromatic heterocycles. The number of rotatable bonds is 7. The van der Waals surface area contributed by atoms with E-state index in [4.69, 9.17) is 10.4 Å². The summed E-state index contributed by atoms with van der Waals surface area (Å²) in [5.74, 6) is -0.134. The molecule has 0 fully saturated rings. The molecule has 1 aromatic rings. The molecule has 0 aliphatic heterocycles. The molecule has 0 radical (unpaired) electrons. The van der Waals surface area contributed by atoms with Crippen molar-refractivity contribution in [2.24, 2.45) is 0 Å². The molecule has 1 heterocycles. The molecule has 0 aromatic carbocycles. The van der Waals surface area contributed by atoms with Gasteiger partial charge in [-0.2, -0.15) is 5.26 Å². The van der Waals surface area contributed by atoms with Gasteiger partial charge in [-0.3, -0.25) is 9.69 Å². The monoisotopic (exact) mass is 281 g/mol. The van der Waals surface area contributed by atoms with Crippen LogP contribution in [0.1, 0.15) is 25.8 Å². The molecule has 0 bridgehead atoms. The first kappa shape index (κ1) is 15.6. The summed E-state index contributed by atoms with van der Waals surface area (Å²) in [7, 11) is 0. The van der Waals surface area contributed by atoms with Gasteiger partial charge in [-0.25, -0.2) is 0 Å². The maximum Gasteiger partial charge on any atom is 0.239 e. The Kier molecular flexibility index (Phi) is 6.50. The first-order chi connectivity index (χ1) is 9.08. The van der Waals surface area contributed by atoms with Crippen molar-refractivity contribution in [1.82, 2.24) is 4.90 Å². The van der Waals surface area contributed by atoms with E-state index in [2.05, 4.69) is 5.32 Å². The molecule has 0 spiro atoms. The first-order valence-electron chi connectivity index (χ1n) is 6.20. The number of hydrogen-bond donors (Lipinski definition) is 2. The second kappa shape index (κ2) is 7.89. The fraction of sp³-hybridized carbons (Fsp3) is 0.538. The van der Waals surface area contributed by atoms with Gasteiger partial charge < -0.3 is 10.4 Å². The minimum Gasteiger partial charge on any atom is -0.396 e. The maximum atomic E-state index is 11.9. The number of anilines is 1. The Balaban J connectivity index is 2.56. The van der Waals surface area contributed by atoms with Crippen molar-refractivity contribution in [2.45, 2.75) is 26.3 Å². The number of carbonyl (C=O) groups is 1. The molecular weight excluding hydrogens is 262 g/mol. The summed E-state index contributed by atoms with van der Waals surface area (Å²) in [5, 5.41) is 22.8. The Hall–Kier alpha value is -1.42. The third-order valence-electron chi connectivity index (χ3n) is 2.72. The van der Waals surface area contributed by atoms with Gasteiger partial charge in [-0.05, 0) is 31.7 Å². The Morgan fingerprint density at radius 1 is 1.63 bits per heavy atom. The molecule has 1 amide bonds. The lowest BCUT2D eigenvalue weighted by atomic mass is 10.2. The third-order valence-corrected chi connectivity index (χ3v) is 3.55. The first-order valence-corrected chi connectivity index (χ1v) is 7.08. The number of aliphatic hydroxyl groups excluding tert-OH is 1. The highest BCUT2D eigenvalue weighted by molar-refractivity contribution is 7.14. The second-order valence-corrected chi connectivity index (χ2v) is 5.38. The Labute approximate surface area is 117 Å². The summed E-state index contributed by atoms with van der Waals surface area (Å²) in [6, 6.07) is 3.96. The minimum absolute atomic E-state index is 0.119. The minimum atomic E-state index is -0.134. The highest BCUT2D eigenvalue weighted by Gasteiger charge is 2.15. The SMILES string of the molecule is CC(C)N(CCCO)CC(=O)Nc1sccc1C#N. The van der Waals surface area contributed by atoms with Crippen molar-refractivity contribution in [1.29, 1.82) is 5.26 Å². The van der Waals surface area contributed by atoms with E-state index < -0.39 is 0 Å². The van der Waals surface area contributed by atoms with Crippen molar-refractivity contribution in [3.05, 3.63) is 17.0 Å². The van der Waals surface area contributed by atoms with Gasteiger partial charge in [0.2, 0.25) is 5.91 Å². The summed E-state index contributed by atoms with van der Waals surface area (Å²) in [6.07, 6.45) is 0.647. The van der Waals surface area contributed by atoms with Crippen LogP contribution in [0, 0.1) is 11.3 Å². The zero-order chi connectivity index (χ0) is 14.3. The van der Waals surface area contributed by atoms with Crippen molar-refractivity contribution >= 4 is 22.2 Å². The van der Waals surface area contributed by atoms with Crippen LogP contribution in [-0.4, -0.2) is 41.7 Å². The van der Waals surface area contributed by atoms with Crippen LogP contribution in [0.3, 0.4) is 0 Å². The van der Waals surface area contributed by atoms with E-state index in [0.29, 0.717) is 23.5 Å². The molecule has 0 saturated heterocycles. The van der Waals surface area contributed by atoms with Gasteiger partial charge >= 0.3 is 0 Å². The smallest absolute Gasteiger partial charge is 0.239 e. The van der Waals surface area contributed by atoms with E-state index in [1.165, 1.54) is 11.3 Å². The van der Waals surface area contributed by atoms with Crippen molar-refractivity contribution < 1.29 is 9.90 Å². The zero-order valence-corrected chi connectivity index (χ0v) is 12.0. The van der Waals surface area contributed by atoms with Crippen LogP contribution in [0.5, 0.6) is 0 Å². The maximum absolute atomic E-state index is 11.9. The molecular formula is C13H19N3O2S. The van der Waals surface area contributed by atoms with Crippen LogP contribution >= 0.6 is 11.3 Å². The Bertz CT molecular complexity index is 451. The number of nitrogens with zero attached hydrogens (tertiary/aromatic N) is 2. The Morgan fingerprint density at radius 3 is 2.95 bits per heavy atom. The quantitative estimate of drug-likeness (QED) is 0.797. The molecule has 5 nitrogen and oxygen atoms in total. The largest absolute Gasteiger partial charge is 0.396 e. The molecule has 2 N–H and O–H groups in total. The lowest BCUT2D eigenvalue weighted by Gasteiger charge is -2.25. The van der Waals surface area contributed by atoms with Gasteiger partial charge in [0.15, 0.2) is 0 Å². The lowest BCUT2D eigenvalue weighted by Crippen LogP contribution is -2.38. The van der Waals surface area contributed by atoms with E-state index in [1.54, 1.807) is 11.4 Å². The molecule has 0 saturated carbocycles. The molecule has 0 atom stereocenters. The predicted octanol–water partition coefficient (Wildman–Crippen LogP) is 1.65. The van der Waals surface area contributed by atoms with Gasteiger partial charge in [0, 0.05) is 19.2 Å². The van der Waals surface area contributed by atoms with Crippen LogP contribution in [0.25, 0.3) is 0 Å². The predicted molar refractivity (Wildman–Crippen MR) is 76.1 cm³/mol. The molecule has 19 heavy (non-hydrogen) atoms. The topological polar surface area (TPSA) is 76.4 Å². The average molecular weight is 281 g/mol. The second-order valence-electron chi connectivity index (χ2n) is 4.46. The van der Waals surface area contributed by atoms with Gasteiger partial charge in [0.25, 0.3) is 0 Å². The van der Waals surface area contributed by atoms with Crippen LogP contribution in [0.15, 0.2) is 11.4 Å². The number of aliphatic hydroxyl groups is 1. The summed E-state index contributed by atoms with van der Waals surface area (Å²) in [5.41, 5.74) is 0.491. The number of nitrogens with one attached hydrogen (secondary N) is 1. The number of nitriles is 1. The van der Waals surface area contributed by atoms with Gasteiger partial charge in [-0.1, -0.05) is 0 Å². The third kappa shape index (κ3) is 4.99. The van der Waals surface area contributed by atoms with Crippen LogP contribution in [-0.2, 0) is 4.79 Å². The van der Waals surface area contributed by atoms with Gasteiger partial charge in [0.1, 0.15) is 11.1 Å². The molecule has 0 aliphatic carbocycles. The van der Waals surface area contributed by atoms with Crippen LogP contribution < -0.4 is 5.32 Å². The van der Waals surface area contributed by atoms with Gasteiger partial charge in [-0.15, -0.1) is 11.3 Å². The Morgan fingerprint density at radius 2 is 2.37 bits per heavy atom. The summed E-state index contributed by atoms with van der Waals surface area (Å²) in [4.78, 5) is 13.9. The molecule has 6 heteroatoms. The van der Waals surface area contributed by atoms with E-state index in [-0.39, 0.29) is 25.1 Å². The lowest BCUT2D eigenvalue weighted by molar-refractivity contribution is -0.117. The standard InChI is InChI=1S/C13H19N3O2S/c1-10(2)16(5-3-6-17)9-12(18)15-13-11(8-14)4-7-19-13/h4,7,10,17H,3,5-6,9H2,1-2H3,(H,15,18). The highest BCUT2D eigenvalue weighted by atomic mass is 32.1. The highest BCUT2D eigenvalue weighted by Crippen LogP contribution is 2.21. The summed E-state index contributed by atoms with van der Waals surface area (Å²) >= 11 is 1.34. The van der Waals surface area contributed by atoms with Crippen molar-refractivity contribution in [3.8, 4) is 6.07 Å². The number of thiophene rings is 1. The number of amides is 1. The van der Waals surface area contributed by atoms with E-state index in [1.807, 2.05) is 24.8 Å². The molecule has 0 unspecified atom stereocenters. The fourth-order valence-corrected chi connectivity index (χ4v) is 2.39. The van der Waals surface area contributed by atoms with Crippen molar-refractivity contribution in [3.63, 3.8) is 0 Å². The van der Waals surface area contributed by atoms with E-state index in [0.717, 1.165) is 0 Å². The number of carbonyl (C=O) groups excluding carboxylic acids is 1. The van der Waals surface area contributed by atoms with Gasteiger partial charge in [0.05, 0.1) is 12.1 Å². The summed E-state index contributed by atoms with van der Waals surface area (Å²) < 4.78 is 0. The number of hydrogen-bond acceptors (Lipinski definition) is 5. The van der Waals surface area contributed by atoms with E-state index >= 15 is 0 Å². The zero-order valence-electron chi connectivity index (χ0n) is 11.2. The van der Waals surface area contributed by atoms with Crippen LogP contribution in [0.2, 0.25) is 0 Å². The van der Waals surface area contributed by atoms with Crippen molar-refractivity contribution in [2.75, 3.05) is 25.0 Å². The fourth-order valence-electron chi connectivity index (χ4n) is 1.64. The molecule has 0 aliphatic rings. The normalized spacial score (nSPS) is 10.7. The molecule has 1 rings (SSSR count). The van der Waals surface area contributed by atoms with E-state index in [9.17, 15) is 4.79 Å². The average Bonchev–Trinajstić information content (AvgIpc) is 2.81. The van der Waals surface area contributed by atoms with Crippen LogP contribution in [0.4, 0.5) is 5.00 Å². The molecule has 104 valence electrons.